The van der Waals surface area contributed by atoms with E-state index in [4.69, 9.17) is 5.73 Å². The number of rotatable bonds is 7. The number of hydrogen-bond donors (Lipinski definition) is 2. The van der Waals surface area contributed by atoms with Crippen molar-refractivity contribution in [1.82, 2.24) is 10.3 Å². The van der Waals surface area contributed by atoms with E-state index < -0.39 is 0 Å². The smallest absolute Gasteiger partial charge is 0.224 e. The Labute approximate surface area is 113 Å². The number of amides is 1. The van der Waals surface area contributed by atoms with Crippen LogP contribution in [0.2, 0.25) is 0 Å². The van der Waals surface area contributed by atoms with Gasteiger partial charge in [-0.25, -0.2) is 4.98 Å². The Kier molecular flexibility index (Phi) is 6.29. The van der Waals surface area contributed by atoms with Crippen LogP contribution in [0.4, 0.5) is 0 Å². The average Bonchev–Trinajstić information content (AvgIpc) is 2.80. The molecule has 18 heavy (non-hydrogen) atoms. The van der Waals surface area contributed by atoms with Crippen LogP contribution in [0, 0.1) is 11.8 Å². The second kappa shape index (κ2) is 7.48. The maximum absolute atomic E-state index is 11.9. The van der Waals surface area contributed by atoms with Crippen LogP contribution in [0.15, 0.2) is 6.20 Å². The summed E-state index contributed by atoms with van der Waals surface area (Å²) in [6, 6.07) is 0. The van der Waals surface area contributed by atoms with Crippen molar-refractivity contribution in [1.29, 1.82) is 0 Å². The fraction of sp³-hybridized carbons (Fsp3) is 0.692. The molecule has 3 N–H and O–H groups in total. The van der Waals surface area contributed by atoms with Crippen molar-refractivity contribution in [3.8, 4) is 0 Å². The summed E-state index contributed by atoms with van der Waals surface area (Å²) in [5.74, 6) is 0.436. The third-order valence-corrected chi connectivity index (χ3v) is 3.92. The maximum atomic E-state index is 11.9. The molecule has 1 heterocycles. The van der Waals surface area contributed by atoms with E-state index in [1.807, 2.05) is 6.20 Å². The number of carbonyl (C=O) groups is 1. The number of aromatic nitrogens is 1. The fourth-order valence-corrected chi connectivity index (χ4v) is 2.58. The minimum Gasteiger partial charge on any atom is -0.349 e. The van der Waals surface area contributed by atoms with Crippen molar-refractivity contribution in [3.63, 3.8) is 0 Å². The molecule has 0 spiro atoms. The van der Waals surface area contributed by atoms with Crippen LogP contribution in [0.25, 0.3) is 0 Å². The lowest BCUT2D eigenvalue weighted by molar-refractivity contribution is -0.125. The third-order valence-electron chi connectivity index (χ3n) is 2.77. The molecule has 1 amide bonds. The van der Waals surface area contributed by atoms with Gasteiger partial charge in [-0.3, -0.25) is 4.79 Å². The quantitative estimate of drug-likeness (QED) is 0.795. The molecular formula is C13H23N3OS. The van der Waals surface area contributed by atoms with Crippen molar-refractivity contribution in [3.05, 3.63) is 16.1 Å². The molecule has 1 aromatic heterocycles. The van der Waals surface area contributed by atoms with E-state index in [1.54, 1.807) is 11.3 Å². The molecule has 102 valence electrons. The van der Waals surface area contributed by atoms with Gasteiger partial charge in [0.05, 0.1) is 12.5 Å². The van der Waals surface area contributed by atoms with Gasteiger partial charge in [0, 0.05) is 17.6 Å². The molecule has 0 aliphatic rings. The molecule has 0 radical (unpaired) electrons. The number of carbonyl (C=O) groups excluding carboxylic acids is 1. The van der Waals surface area contributed by atoms with Crippen molar-refractivity contribution in [2.24, 2.45) is 17.6 Å². The van der Waals surface area contributed by atoms with Gasteiger partial charge in [-0.1, -0.05) is 20.8 Å². The summed E-state index contributed by atoms with van der Waals surface area (Å²) >= 11 is 1.65. The Bertz CT molecular complexity index is 376. The minimum absolute atomic E-state index is 0.0412. The molecule has 1 unspecified atom stereocenters. The van der Waals surface area contributed by atoms with Gasteiger partial charge in [-0.15, -0.1) is 11.3 Å². The second-order valence-electron chi connectivity index (χ2n) is 4.85. The van der Waals surface area contributed by atoms with Crippen LogP contribution >= 0.6 is 11.3 Å². The van der Waals surface area contributed by atoms with E-state index in [1.165, 1.54) is 4.88 Å². The van der Waals surface area contributed by atoms with Crippen molar-refractivity contribution < 1.29 is 4.79 Å². The standard InChI is InChI=1S/C13H23N3OS/c1-4-11-7-15-12(18-11)8-16-13(17)10(6-14)5-9(2)3/h7,9-10H,4-6,8,14H2,1-3H3,(H,16,17). The predicted molar refractivity (Wildman–Crippen MR) is 75.3 cm³/mol. The zero-order chi connectivity index (χ0) is 13.5. The minimum atomic E-state index is -0.0874. The number of thiazole rings is 1. The molecule has 0 fully saturated rings. The van der Waals surface area contributed by atoms with Crippen LogP contribution < -0.4 is 11.1 Å². The highest BCUT2D eigenvalue weighted by atomic mass is 32.1. The lowest BCUT2D eigenvalue weighted by atomic mass is 9.96. The number of aryl methyl sites for hydroxylation is 1. The molecule has 0 aliphatic heterocycles. The first-order valence-corrected chi connectivity index (χ1v) is 7.29. The van der Waals surface area contributed by atoms with Gasteiger partial charge in [-0.2, -0.15) is 0 Å². The van der Waals surface area contributed by atoms with Gasteiger partial charge < -0.3 is 11.1 Å². The summed E-state index contributed by atoms with van der Waals surface area (Å²) in [4.78, 5) is 17.5. The summed E-state index contributed by atoms with van der Waals surface area (Å²) in [7, 11) is 0. The highest BCUT2D eigenvalue weighted by Crippen LogP contribution is 2.14. The van der Waals surface area contributed by atoms with Crippen LogP contribution in [0.5, 0.6) is 0 Å². The Morgan fingerprint density at radius 3 is 2.78 bits per heavy atom. The molecule has 0 saturated heterocycles. The first-order chi connectivity index (χ1) is 8.56. The van der Waals surface area contributed by atoms with Crippen molar-refractivity contribution in [2.75, 3.05) is 6.54 Å². The first-order valence-electron chi connectivity index (χ1n) is 6.48. The topological polar surface area (TPSA) is 68.0 Å². The molecule has 1 rings (SSSR count). The van der Waals surface area contributed by atoms with E-state index in [-0.39, 0.29) is 11.8 Å². The van der Waals surface area contributed by atoms with Crippen LogP contribution in [-0.4, -0.2) is 17.4 Å². The van der Waals surface area contributed by atoms with E-state index in [9.17, 15) is 4.79 Å². The Balaban J connectivity index is 2.43. The zero-order valence-electron chi connectivity index (χ0n) is 11.4. The largest absolute Gasteiger partial charge is 0.349 e. The number of hydrogen-bond acceptors (Lipinski definition) is 4. The molecule has 0 aliphatic carbocycles. The van der Waals surface area contributed by atoms with Gasteiger partial charge in [0.2, 0.25) is 5.91 Å². The molecule has 0 saturated carbocycles. The Hall–Kier alpha value is -0.940. The monoisotopic (exact) mass is 269 g/mol. The summed E-state index contributed by atoms with van der Waals surface area (Å²) in [5.41, 5.74) is 5.64. The first kappa shape index (κ1) is 15.1. The zero-order valence-corrected chi connectivity index (χ0v) is 12.2. The molecule has 0 bridgehead atoms. The van der Waals surface area contributed by atoms with Gasteiger partial charge >= 0.3 is 0 Å². The van der Waals surface area contributed by atoms with E-state index in [0.29, 0.717) is 19.0 Å². The molecule has 0 aromatic carbocycles. The highest BCUT2D eigenvalue weighted by Gasteiger charge is 2.18. The second-order valence-corrected chi connectivity index (χ2v) is 6.05. The summed E-state index contributed by atoms with van der Waals surface area (Å²) < 4.78 is 0. The van der Waals surface area contributed by atoms with E-state index in [2.05, 4.69) is 31.1 Å². The molecule has 1 atom stereocenters. The van der Waals surface area contributed by atoms with Crippen molar-refractivity contribution in [2.45, 2.75) is 40.2 Å². The predicted octanol–water partition coefficient (Wildman–Crippen LogP) is 1.94. The summed E-state index contributed by atoms with van der Waals surface area (Å²) in [6.07, 6.45) is 3.70. The van der Waals surface area contributed by atoms with E-state index >= 15 is 0 Å². The Morgan fingerprint density at radius 1 is 1.56 bits per heavy atom. The lowest BCUT2D eigenvalue weighted by Crippen LogP contribution is -2.35. The SMILES string of the molecule is CCc1cnc(CNC(=O)C(CN)CC(C)C)s1. The van der Waals surface area contributed by atoms with E-state index in [0.717, 1.165) is 17.8 Å². The number of nitrogens with two attached hydrogens (primary N) is 1. The highest BCUT2D eigenvalue weighted by molar-refractivity contribution is 7.11. The van der Waals surface area contributed by atoms with Crippen LogP contribution in [0.1, 0.15) is 37.1 Å². The van der Waals surface area contributed by atoms with Crippen molar-refractivity contribution >= 4 is 17.2 Å². The molecule has 5 heteroatoms. The summed E-state index contributed by atoms with van der Waals surface area (Å²) in [6.45, 7) is 7.22. The van der Waals surface area contributed by atoms with Gasteiger partial charge in [0.1, 0.15) is 5.01 Å². The fourth-order valence-electron chi connectivity index (χ4n) is 1.78. The van der Waals surface area contributed by atoms with Gasteiger partial charge in [0.15, 0.2) is 0 Å². The number of nitrogens with one attached hydrogen (secondary N) is 1. The van der Waals surface area contributed by atoms with Gasteiger partial charge in [0.25, 0.3) is 0 Å². The average molecular weight is 269 g/mol. The number of nitrogens with zero attached hydrogens (tertiary/aromatic N) is 1. The Morgan fingerprint density at radius 2 is 2.28 bits per heavy atom. The maximum Gasteiger partial charge on any atom is 0.224 e. The van der Waals surface area contributed by atoms with Gasteiger partial charge in [-0.05, 0) is 18.8 Å². The summed E-state index contributed by atoms with van der Waals surface area (Å²) in [5, 5.41) is 3.88. The normalized spacial score (nSPS) is 12.7. The lowest BCUT2D eigenvalue weighted by Gasteiger charge is -2.16. The molecule has 4 nitrogen and oxygen atoms in total. The van der Waals surface area contributed by atoms with Crippen LogP contribution in [-0.2, 0) is 17.8 Å². The molecular weight excluding hydrogens is 246 g/mol. The third kappa shape index (κ3) is 4.74. The molecule has 1 aromatic rings. The van der Waals surface area contributed by atoms with Crippen LogP contribution in [0.3, 0.4) is 0 Å².